The first-order valence-electron chi connectivity index (χ1n) is 21.4. The Kier molecular flexibility index (Phi) is 11.4. The molecule has 0 amide bonds. The zero-order chi connectivity index (χ0) is 43.8. The number of nitrogens with zero attached hydrogens (tertiary/aromatic N) is 2. The molecule has 0 aliphatic rings. The first kappa shape index (κ1) is 41.5. The summed E-state index contributed by atoms with van der Waals surface area (Å²) in [4.78, 5) is 9.94. The smallest absolute Gasteiger partial charge is 2.00 e. The fourth-order valence-electron chi connectivity index (χ4n) is 7.12. The van der Waals surface area contributed by atoms with Crippen molar-refractivity contribution in [3.05, 3.63) is 144 Å². The summed E-state index contributed by atoms with van der Waals surface area (Å²) >= 11 is -0.243. The van der Waals surface area contributed by atoms with Crippen LogP contribution in [0.15, 0.2) is 109 Å². The molecule has 6 heteroatoms. The van der Waals surface area contributed by atoms with Gasteiger partial charge in [-0.1, -0.05) is 0 Å². The van der Waals surface area contributed by atoms with E-state index in [0.29, 0.717) is 23.6 Å². The number of benzene rings is 4. The third kappa shape index (κ3) is 9.33. The predicted octanol–water partition coefficient (Wildman–Crippen LogP) is 14.1. The number of hydrogen-bond acceptors (Lipinski definition) is 3. The van der Waals surface area contributed by atoms with Crippen LogP contribution in [0.25, 0.3) is 61.8 Å². The van der Waals surface area contributed by atoms with Crippen LogP contribution in [0.5, 0.6) is 11.5 Å². The van der Waals surface area contributed by atoms with Crippen molar-refractivity contribution in [2.45, 2.75) is 105 Å². The van der Waals surface area contributed by atoms with E-state index in [0.717, 1.165) is 72.9 Å². The summed E-state index contributed by atoms with van der Waals surface area (Å²) in [6.45, 7) is 26.6. The Bertz CT molecular complexity index is 2740. The quantitative estimate of drug-likeness (QED) is 0.123. The van der Waals surface area contributed by atoms with Crippen LogP contribution in [-0.4, -0.2) is 39.0 Å². The monoisotopic (exact) mass is 1100 g/mol. The van der Waals surface area contributed by atoms with Gasteiger partial charge in [0.25, 0.3) is 0 Å². The van der Waals surface area contributed by atoms with E-state index in [4.69, 9.17) is 14.7 Å². The van der Waals surface area contributed by atoms with Crippen LogP contribution in [-0.2, 0) is 42.7 Å². The summed E-state index contributed by atoms with van der Waals surface area (Å²) in [5.74, 6) is 1.17. The molecule has 0 aliphatic heterocycles. The Hall–Kier alpha value is -3.81. The minimum absolute atomic E-state index is 0. The van der Waals surface area contributed by atoms with Crippen molar-refractivity contribution >= 4 is 48.3 Å². The van der Waals surface area contributed by atoms with Crippen LogP contribution >= 0.6 is 0 Å². The van der Waals surface area contributed by atoms with E-state index in [-0.39, 0.29) is 71.7 Å². The van der Waals surface area contributed by atoms with E-state index in [2.05, 4.69) is 168 Å². The molecule has 0 radical (unpaired) electrons. The van der Waals surface area contributed by atoms with E-state index in [1.54, 1.807) is 0 Å². The average molecular weight is 1100 g/mol. The number of pyridine rings is 2. The van der Waals surface area contributed by atoms with E-state index < -0.39 is 0 Å². The SMILES string of the molecule is [2H]c1c(-c2ccc(C(C)(C)C)cc2)[se]c2c(-c3[c-]c(Oc4[c-]c(-c5nccc6c([2H])c(-c7ccc(C(C)(C)C)cc7)[se]c56)cc(C(C)(C)C)c4)cc(C(C)(C)C)c3)nccc12.[Pt+2]. The molecule has 0 saturated heterocycles. The fourth-order valence-corrected chi connectivity index (χ4v) is 11.8. The summed E-state index contributed by atoms with van der Waals surface area (Å²) in [6.07, 6.45) is 3.65. The molecular formula is C54H54N2OPtSe2. The number of fused-ring (bicyclic) bond motifs is 2. The van der Waals surface area contributed by atoms with Gasteiger partial charge in [-0.05, 0) is 0 Å². The van der Waals surface area contributed by atoms with Crippen LogP contribution in [0.1, 0.15) is 108 Å². The second-order valence-corrected chi connectivity index (χ2v) is 24.0. The van der Waals surface area contributed by atoms with Gasteiger partial charge in [0.15, 0.2) is 0 Å². The Morgan fingerprint density at radius 3 is 1.17 bits per heavy atom. The average Bonchev–Trinajstić information content (AvgIpc) is 3.72. The van der Waals surface area contributed by atoms with E-state index in [1.165, 1.54) is 11.1 Å². The van der Waals surface area contributed by atoms with Crippen molar-refractivity contribution in [1.82, 2.24) is 9.97 Å². The Balaban J connectivity index is 0.00000578. The molecule has 4 aromatic carbocycles. The van der Waals surface area contributed by atoms with Crippen molar-refractivity contribution in [1.29, 1.82) is 0 Å². The minimum atomic E-state index is -0.186. The van der Waals surface area contributed by atoms with Crippen LogP contribution in [0.3, 0.4) is 0 Å². The van der Waals surface area contributed by atoms with Crippen molar-refractivity contribution < 1.29 is 28.5 Å². The van der Waals surface area contributed by atoms with Crippen LogP contribution in [0.4, 0.5) is 0 Å². The van der Waals surface area contributed by atoms with Gasteiger partial charge in [-0.25, -0.2) is 0 Å². The van der Waals surface area contributed by atoms with Crippen LogP contribution in [0, 0.1) is 12.1 Å². The Morgan fingerprint density at radius 2 is 0.833 bits per heavy atom. The van der Waals surface area contributed by atoms with Gasteiger partial charge in [-0.3, -0.25) is 0 Å². The zero-order valence-corrected chi connectivity index (χ0v) is 42.4. The molecule has 0 unspecified atom stereocenters. The Labute approximate surface area is 386 Å². The van der Waals surface area contributed by atoms with Gasteiger partial charge >= 0.3 is 389 Å². The molecule has 4 aromatic heterocycles. The van der Waals surface area contributed by atoms with Crippen molar-refractivity contribution in [2.75, 3.05) is 0 Å². The summed E-state index contributed by atoms with van der Waals surface area (Å²) in [5.41, 5.74) is 10.1. The van der Waals surface area contributed by atoms with Crippen molar-refractivity contribution in [3.8, 4) is 54.0 Å². The van der Waals surface area contributed by atoms with Gasteiger partial charge in [-0.15, -0.1) is 0 Å². The van der Waals surface area contributed by atoms with Crippen molar-refractivity contribution in [2.24, 2.45) is 0 Å². The van der Waals surface area contributed by atoms with E-state index >= 15 is 0 Å². The summed E-state index contributed by atoms with van der Waals surface area (Å²) in [7, 11) is 0. The maximum atomic E-state index is 9.29. The van der Waals surface area contributed by atoms with Crippen LogP contribution in [0.2, 0.25) is 0 Å². The van der Waals surface area contributed by atoms with E-state index in [1.807, 2.05) is 24.5 Å². The topological polar surface area (TPSA) is 35.0 Å². The first-order chi connectivity index (χ1) is 28.6. The third-order valence-corrected chi connectivity index (χ3v) is 15.8. The maximum Gasteiger partial charge on any atom is 2.00 e. The third-order valence-electron chi connectivity index (χ3n) is 10.9. The van der Waals surface area contributed by atoms with Gasteiger partial charge in [-0.2, -0.15) is 0 Å². The second-order valence-electron chi connectivity index (χ2n) is 19.7. The molecule has 0 saturated carbocycles. The molecule has 8 aromatic rings. The van der Waals surface area contributed by atoms with Crippen LogP contribution < -0.4 is 4.74 Å². The molecule has 0 fully saturated rings. The molecule has 3 nitrogen and oxygen atoms in total. The van der Waals surface area contributed by atoms with Crippen molar-refractivity contribution in [3.63, 3.8) is 0 Å². The second kappa shape index (κ2) is 16.5. The molecule has 4 heterocycles. The van der Waals surface area contributed by atoms with Gasteiger partial charge in [0.05, 0.1) is 0 Å². The molecule has 0 N–H and O–H groups in total. The fraction of sp³-hybridized carbons (Fsp3) is 0.296. The molecule has 0 bridgehead atoms. The summed E-state index contributed by atoms with van der Waals surface area (Å²) < 4.78 is 29.8. The molecule has 0 aliphatic carbocycles. The first-order valence-corrected chi connectivity index (χ1v) is 23.8. The molecule has 0 atom stereocenters. The van der Waals surface area contributed by atoms with E-state index in [9.17, 15) is 2.74 Å². The molecule has 0 spiro atoms. The Morgan fingerprint density at radius 1 is 0.483 bits per heavy atom. The standard InChI is InChI=1S/C54H54N2OSe2.Pt/c1-51(2,3)39-17-13-33(14-18-39)45-29-35-21-23-55-47(49(35)58-45)37-25-41(53(7,8)9)31-43(27-37)57-44-28-38(26-42(32-44)54(10,11)12)48-50-36(22-24-56-48)30-46(59-50)34-15-19-40(20-16-34)52(4,5)6;/h13-26,29-32H,1-12H3;/q-2;+2/i29D,30D;. The van der Waals surface area contributed by atoms with Gasteiger partial charge in [0, 0.05) is 0 Å². The van der Waals surface area contributed by atoms with Gasteiger partial charge in [0.1, 0.15) is 0 Å². The molecule has 60 heavy (non-hydrogen) atoms. The summed E-state index contributed by atoms with van der Waals surface area (Å²) in [6, 6.07) is 38.4. The maximum absolute atomic E-state index is 9.29. The molecular weight excluding hydrogens is 1050 g/mol. The van der Waals surface area contributed by atoms with Gasteiger partial charge < -0.3 is 0 Å². The number of ether oxygens (including phenoxy) is 1. The van der Waals surface area contributed by atoms with Gasteiger partial charge in [0.2, 0.25) is 0 Å². The molecule has 8 rings (SSSR count). The number of rotatable bonds is 6. The molecule has 308 valence electrons. The zero-order valence-electron chi connectivity index (χ0n) is 38.7. The summed E-state index contributed by atoms with van der Waals surface area (Å²) in [5, 5.41) is 1.88. The predicted molar refractivity (Wildman–Crippen MR) is 252 cm³/mol. The largest absolute Gasteiger partial charge is 2.00 e. The normalized spacial score (nSPS) is 13.0. The number of hydrogen-bond donors (Lipinski definition) is 0. The number of aromatic nitrogens is 2. The minimum Gasteiger partial charge on any atom is 2.00 e.